The summed E-state index contributed by atoms with van der Waals surface area (Å²) in [5, 5.41) is 23.5. The van der Waals surface area contributed by atoms with Gasteiger partial charge in [-0.2, -0.15) is 0 Å². The molecule has 2 heterocycles. The van der Waals surface area contributed by atoms with Gasteiger partial charge in [-0.3, -0.25) is 9.13 Å². The van der Waals surface area contributed by atoms with E-state index in [0.29, 0.717) is 23.7 Å². The van der Waals surface area contributed by atoms with Crippen LogP contribution in [0.3, 0.4) is 0 Å². The summed E-state index contributed by atoms with van der Waals surface area (Å²) >= 11 is 0. The monoisotopic (exact) mass is 596 g/mol. The second-order valence-electron chi connectivity index (χ2n) is 15.0. The van der Waals surface area contributed by atoms with Gasteiger partial charge in [-0.1, -0.05) is 51.4 Å². The molecular formula is C32H54O6P2. The molecule has 8 heteroatoms. The molecule has 228 valence electrons. The Kier molecular flexibility index (Phi) is 8.47. The van der Waals surface area contributed by atoms with E-state index in [9.17, 15) is 19.3 Å². The molecule has 0 spiro atoms. The standard InChI is InChI=1S/C32H54O6P2/c33-31(39(35)29-15-7-3-11-25(29)23-9-1-5-13-27(23)37-39)21-17-19-22(20-18-21)32(34)40(36)30-16-8-4-12-26(30)24-10-2-6-14-28(24)38-40/h21-34H,1-20H2. The zero-order valence-electron chi connectivity index (χ0n) is 24.5. The minimum absolute atomic E-state index is 0.0251. The van der Waals surface area contributed by atoms with Crippen LogP contribution in [0.5, 0.6) is 0 Å². The number of hydrogen-bond acceptors (Lipinski definition) is 6. The van der Waals surface area contributed by atoms with E-state index in [2.05, 4.69) is 0 Å². The van der Waals surface area contributed by atoms with Gasteiger partial charge in [0, 0.05) is 11.3 Å². The highest BCUT2D eigenvalue weighted by Gasteiger charge is 2.59. The Hall–Kier alpha value is 0.300. The van der Waals surface area contributed by atoms with Crippen LogP contribution in [-0.2, 0) is 18.2 Å². The zero-order chi connectivity index (χ0) is 27.5. The average molecular weight is 597 g/mol. The lowest BCUT2D eigenvalue weighted by Crippen LogP contribution is -2.49. The normalized spacial score (nSPS) is 52.8. The van der Waals surface area contributed by atoms with Crippen molar-refractivity contribution in [1.29, 1.82) is 0 Å². The van der Waals surface area contributed by atoms with Gasteiger partial charge in [0.25, 0.3) is 0 Å². The smallest absolute Gasteiger partial charge is 0.234 e. The lowest BCUT2D eigenvalue weighted by atomic mass is 9.71. The molecule has 0 amide bonds. The Morgan fingerprint density at radius 2 is 0.775 bits per heavy atom. The molecule has 7 aliphatic rings. The maximum absolute atomic E-state index is 14.7. The van der Waals surface area contributed by atoms with E-state index in [4.69, 9.17) is 9.05 Å². The molecule has 2 saturated heterocycles. The quantitative estimate of drug-likeness (QED) is 0.317. The van der Waals surface area contributed by atoms with Gasteiger partial charge in [-0.15, -0.1) is 0 Å². The maximum atomic E-state index is 14.7. The van der Waals surface area contributed by atoms with E-state index in [1.54, 1.807) is 0 Å². The number of fused-ring (bicyclic) bond motifs is 6. The van der Waals surface area contributed by atoms with E-state index in [1.807, 2.05) is 0 Å². The minimum Gasteiger partial charge on any atom is -0.383 e. The molecule has 0 radical (unpaired) electrons. The summed E-state index contributed by atoms with van der Waals surface area (Å²) in [6.45, 7) is 0. The van der Waals surface area contributed by atoms with Gasteiger partial charge < -0.3 is 19.3 Å². The fraction of sp³-hybridized carbons (Fsp3) is 1.00. The minimum atomic E-state index is -3.20. The Labute approximate surface area is 242 Å². The largest absolute Gasteiger partial charge is 0.383 e. The summed E-state index contributed by atoms with van der Waals surface area (Å²) in [5.74, 6) is 0.0434. The molecule has 6 nitrogen and oxygen atoms in total. The van der Waals surface area contributed by atoms with Crippen molar-refractivity contribution < 1.29 is 28.4 Å². The van der Waals surface area contributed by atoms with Crippen LogP contribution in [0, 0.1) is 35.5 Å². The number of aliphatic hydroxyl groups is 2. The highest BCUT2D eigenvalue weighted by Crippen LogP contribution is 2.72. The van der Waals surface area contributed by atoms with Crippen molar-refractivity contribution in [2.45, 2.75) is 164 Å². The fourth-order valence-corrected chi connectivity index (χ4v) is 18.5. The van der Waals surface area contributed by atoms with Gasteiger partial charge in [0.15, 0.2) is 0 Å². The Morgan fingerprint density at radius 3 is 1.18 bits per heavy atom. The SMILES string of the molecule is O=P1(C(O)C2CCC(C(O)P3(=O)OC4CCCCC4C4CCCCC43)CC2)OC2CCCCC2C2CCCCC21. The molecule has 5 saturated carbocycles. The molecule has 7 rings (SSSR count). The van der Waals surface area contributed by atoms with Crippen LogP contribution in [-0.4, -0.2) is 45.4 Å². The molecule has 40 heavy (non-hydrogen) atoms. The van der Waals surface area contributed by atoms with Crippen LogP contribution in [0.1, 0.15) is 128 Å². The van der Waals surface area contributed by atoms with Crippen LogP contribution in [0.4, 0.5) is 0 Å². The molecule has 12 unspecified atom stereocenters. The highest BCUT2D eigenvalue weighted by molar-refractivity contribution is 7.60. The highest BCUT2D eigenvalue weighted by atomic mass is 31.2. The first kappa shape index (κ1) is 29.0. The average Bonchev–Trinajstić information content (AvgIpc) is 3.01. The third-order valence-corrected chi connectivity index (χ3v) is 19.7. The maximum Gasteiger partial charge on any atom is 0.234 e. The Bertz CT molecular complexity index is 918. The van der Waals surface area contributed by atoms with Crippen LogP contribution >= 0.6 is 14.7 Å². The van der Waals surface area contributed by atoms with Crippen molar-refractivity contribution in [2.75, 3.05) is 0 Å². The third kappa shape index (κ3) is 4.90. The third-order valence-electron chi connectivity index (χ3n) is 13.1. The predicted molar refractivity (Wildman–Crippen MR) is 158 cm³/mol. The van der Waals surface area contributed by atoms with Crippen molar-refractivity contribution >= 4 is 14.7 Å². The number of rotatable bonds is 4. The van der Waals surface area contributed by atoms with E-state index < -0.39 is 26.4 Å². The number of hydrogen-bond donors (Lipinski definition) is 2. The second kappa shape index (κ2) is 11.7. The van der Waals surface area contributed by atoms with Gasteiger partial charge in [0.05, 0.1) is 12.2 Å². The summed E-state index contributed by atoms with van der Waals surface area (Å²) in [6.07, 6.45) is 20.9. The van der Waals surface area contributed by atoms with Gasteiger partial charge in [-0.05, 0) is 113 Å². The van der Waals surface area contributed by atoms with Crippen LogP contribution in [0.25, 0.3) is 0 Å². The molecular weight excluding hydrogens is 542 g/mol. The second-order valence-corrected chi connectivity index (χ2v) is 20.4. The van der Waals surface area contributed by atoms with E-state index >= 15 is 0 Å². The zero-order valence-corrected chi connectivity index (χ0v) is 26.3. The molecule has 0 aromatic heterocycles. The molecule has 2 N–H and O–H groups in total. The van der Waals surface area contributed by atoms with Crippen molar-refractivity contribution in [3.63, 3.8) is 0 Å². The van der Waals surface area contributed by atoms with Gasteiger partial charge >= 0.3 is 0 Å². The first-order valence-corrected chi connectivity index (χ1v) is 20.8. The van der Waals surface area contributed by atoms with Crippen molar-refractivity contribution in [3.05, 3.63) is 0 Å². The van der Waals surface area contributed by atoms with E-state index in [0.717, 1.165) is 89.9 Å². The van der Waals surface area contributed by atoms with Crippen molar-refractivity contribution in [3.8, 4) is 0 Å². The first-order chi connectivity index (χ1) is 19.4. The lowest BCUT2D eigenvalue weighted by Gasteiger charge is -2.53. The summed E-state index contributed by atoms with van der Waals surface area (Å²) in [7, 11) is -6.40. The van der Waals surface area contributed by atoms with Crippen LogP contribution < -0.4 is 0 Å². The van der Waals surface area contributed by atoms with Crippen molar-refractivity contribution in [2.24, 2.45) is 35.5 Å². The molecule has 5 aliphatic carbocycles. The van der Waals surface area contributed by atoms with Crippen LogP contribution in [0.15, 0.2) is 0 Å². The topological polar surface area (TPSA) is 93.1 Å². The Morgan fingerprint density at radius 1 is 0.450 bits per heavy atom. The van der Waals surface area contributed by atoms with Gasteiger partial charge in [0.2, 0.25) is 14.7 Å². The Balaban J connectivity index is 1.04. The van der Waals surface area contributed by atoms with Crippen molar-refractivity contribution in [1.82, 2.24) is 0 Å². The molecule has 12 atom stereocenters. The molecule has 0 aromatic rings. The molecule has 2 aliphatic heterocycles. The van der Waals surface area contributed by atoms with Gasteiger partial charge in [-0.25, -0.2) is 0 Å². The van der Waals surface area contributed by atoms with Gasteiger partial charge in [0.1, 0.15) is 11.7 Å². The van der Waals surface area contributed by atoms with E-state index in [1.165, 1.54) is 38.5 Å². The summed E-state index contributed by atoms with van der Waals surface area (Å²) < 4.78 is 42.4. The molecule has 0 bridgehead atoms. The fourth-order valence-electron chi connectivity index (χ4n) is 11.1. The summed E-state index contributed by atoms with van der Waals surface area (Å²) in [4.78, 5) is 0. The summed E-state index contributed by atoms with van der Waals surface area (Å²) in [5.41, 5.74) is 0.0501. The molecule has 0 aromatic carbocycles. The van der Waals surface area contributed by atoms with E-state index in [-0.39, 0.29) is 35.4 Å². The first-order valence-electron chi connectivity index (χ1n) is 17.3. The summed E-state index contributed by atoms with van der Waals surface area (Å²) in [6, 6.07) is 0. The number of aliphatic hydroxyl groups excluding tert-OH is 2. The lowest BCUT2D eigenvalue weighted by molar-refractivity contribution is -0.00596. The van der Waals surface area contributed by atoms with Crippen LogP contribution in [0.2, 0.25) is 0 Å². The molecule has 7 fully saturated rings. The predicted octanol–water partition coefficient (Wildman–Crippen LogP) is 8.28.